The normalized spacial score (nSPS) is 10.7. The van der Waals surface area contributed by atoms with E-state index < -0.39 is 11.8 Å². The Morgan fingerprint density at radius 2 is 2.26 bits per heavy atom. The standard InChI is InChI=1S/C12H10BrFN2O3/c1-19-5-6-2-7(13)3-8(11(6)14)9-4-10(12(17)18)16-15-9/h2-4H,5H2,1H3,(H,15,16)(H,17,18). The summed E-state index contributed by atoms with van der Waals surface area (Å²) in [6.45, 7) is 0.120. The maximum atomic E-state index is 14.2. The lowest BCUT2D eigenvalue weighted by Gasteiger charge is -2.07. The molecule has 0 fully saturated rings. The van der Waals surface area contributed by atoms with Gasteiger partial charge in [0.2, 0.25) is 0 Å². The molecule has 2 rings (SSSR count). The number of carboxylic acid groups (broad SMARTS) is 1. The molecule has 0 saturated heterocycles. The molecule has 0 radical (unpaired) electrons. The van der Waals surface area contributed by atoms with E-state index in [2.05, 4.69) is 26.1 Å². The van der Waals surface area contributed by atoms with Gasteiger partial charge in [-0.3, -0.25) is 5.10 Å². The molecule has 0 aliphatic heterocycles. The fraction of sp³-hybridized carbons (Fsp3) is 0.167. The van der Waals surface area contributed by atoms with Gasteiger partial charge in [0.05, 0.1) is 12.3 Å². The Balaban J connectivity index is 2.51. The first-order valence-electron chi connectivity index (χ1n) is 5.29. The number of hydrogen-bond donors (Lipinski definition) is 2. The van der Waals surface area contributed by atoms with E-state index in [-0.39, 0.29) is 23.6 Å². The van der Waals surface area contributed by atoms with Crippen LogP contribution in [0.5, 0.6) is 0 Å². The summed E-state index contributed by atoms with van der Waals surface area (Å²) in [5.74, 6) is -1.63. The number of aromatic nitrogens is 2. The molecule has 2 aromatic rings. The number of nitrogens with zero attached hydrogens (tertiary/aromatic N) is 1. The average Bonchev–Trinajstić information content (AvgIpc) is 2.83. The number of carbonyl (C=O) groups is 1. The number of halogens is 2. The molecule has 19 heavy (non-hydrogen) atoms. The second-order valence-corrected chi connectivity index (χ2v) is 4.75. The Labute approximate surface area is 116 Å². The van der Waals surface area contributed by atoms with Crippen LogP contribution in [0.25, 0.3) is 11.3 Å². The third-order valence-corrected chi connectivity index (χ3v) is 2.95. The zero-order valence-corrected chi connectivity index (χ0v) is 11.5. The van der Waals surface area contributed by atoms with E-state index in [0.717, 1.165) is 0 Å². The van der Waals surface area contributed by atoms with Gasteiger partial charge in [-0.15, -0.1) is 0 Å². The molecule has 7 heteroatoms. The van der Waals surface area contributed by atoms with Gasteiger partial charge in [0.25, 0.3) is 0 Å². The van der Waals surface area contributed by atoms with Gasteiger partial charge in [-0.25, -0.2) is 9.18 Å². The van der Waals surface area contributed by atoms with Crippen LogP contribution in [0.15, 0.2) is 22.7 Å². The van der Waals surface area contributed by atoms with Gasteiger partial charge in [0, 0.05) is 22.7 Å². The number of nitrogens with one attached hydrogen (secondary N) is 1. The number of H-pyrrole nitrogens is 1. The zero-order chi connectivity index (χ0) is 14.0. The average molecular weight is 329 g/mol. The number of methoxy groups -OCH3 is 1. The summed E-state index contributed by atoms with van der Waals surface area (Å²) >= 11 is 3.27. The number of aromatic amines is 1. The lowest BCUT2D eigenvalue weighted by Crippen LogP contribution is -1.96. The van der Waals surface area contributed by atoms with Crippen molar-refractivity contribution < 1.29 is 19.0 Å². The molecule has 0 aliphatic rings. The van der Waals surface area contributed by atoms with Crippen LogP contribution in [0.1, 0.15) is 16.1 Å². The fourth-order valence-corrected chi connectivity index (χ4v) is 2.17. The maximum absolute atomic E-state index is 14.2. The van der Waals surface area contributed by atoms with E-state index in [1.165, 1.54) is 19.2 Å². The molecule has 0 bridgehead atoms. The first kappa shape index (κ1) is 13.7. The Hall–Kier alpha value is -1.73. The third kappa shape index (κ3) is 2.82. The van der Waals surface area contributed by atoms with Crippen LogP contribution < -0.4 is 0 Å². The van der Waals surface area contributed by atoms with E-state index in [0.29, 0.717) is 10.0 Å². The van der Waals surface area contributed by atoms with Crippen LogP contribution in [-0.2, 0) is 11.3 Å². The van der Waals surface area contributed by atoms with Crippen LogP contribution >= 0.6 is 15.9 Å². The minimum atomic E-state index is -1.15. The van der Waals surface area contributed by atoms with Crippen LogP contribution in [-0.4, -0.2) is 28.4 Å². The first-order valence-corrected chi connectivity index (χ1v) is 6.08. The van der Waals surface area contributed by atoms with E-state index in [4.69, 9.17) is 9.84 Å². The molecule has 5 nitrogen and oxygen atoms in total. The summed E-state index contributed by atoms with van der Waals surface area (Å²) in [5, 5.41) is 15.0. The topological polar surface area (TPSA) is 75.2 Å². The van der Waals surface area contributed by atoms with Gasteiger partial charge in [-0.1, -0.05) is 15.9 Å². The highest BCUT2D eigenvalue weighted by Crippen LogP contribution is 2.28. The van der Waals surface area contributed by atoms with Gasteiger partial charge < -0.3 is 9.84 Å². The lowest BCUT2D eigenvalue weighted by molar-refractivity contribution is 0.0690. The number of benzene rings is 1. The van der Waals surface area contributed by atoms with Crippen molar-refractivity contribution >= 4 is 21.9 Å². The zero-order valence-electron chi connectivity index (χ0n) is 9.91. The minimum Gasteiger partial charge on any atom is -0.477 e. The Kier molecular flexibility index (Phi) is 3.96. The monoisotopic (exact) mass is 328 g/mol. The van der Waals surface area contributed by atoms with Crippen molar-refractivity contribution in [1.82, 2.24) is 10.2 Å². The molecule has 2 N–H and O–H groups in total. The van der Waals surface area contributed by atoms with E-state index >= 15 is 0 Å². The first-order chi connectivity index (χ1) is 9.02. The largest absolute Gasteiger partial charge is 0.477 e. The van der Waals surface area contributed by atoms with Gasteiger partial charge in [0.15, 0.2) is 0 Å². The van der Waals surface area contributed by atoms with Crippen LogP contribution in [0.4, 0.5) is 4.39 Å². The van der Waals surface area contributed by atoms with E-state index in [1.54, 1.807) is 6.07 Å². The van der Waals surface area contributed by atoms with E-state index in [9.17, 15) is 9.18 Å². The second-order valence-electron chi connectivity index (χ2n) is 3.83. The molecule has 0 aliphatic carbocycles. The Morgan fingerprint density at radius 1 is 1.53 bits per heavy atom. The van der Waals surface area contributed by atoms with Crippen molar-refractivity contribution in [3.05, 3.63) is 39.7 Å². The fourth-order valence-electron chi connectivity index (χ4n) is 1.66. The number of carboxylic acids is 1. The van der Waals surface area contributed by atoms with Crippen LogP contribution in [0.2, 0.25) is 0 Å². The Bertz CT molecular complexity index is 627. The molecular weight excluding hydrogens is 319 g/mol. The summed E-state index contributed by atoms with van der Waals surface area (Å²) in [6, 6.07) is 4.42. The molecule has 0 saturated carbocycles. The summed E-state index contributed by atoms with van der Waals surface area (Å²) < 4.78 is 19.8. The Morgan fingerprint density at radius 3 is 2.84 bits per heavy atom. The smallest absolute Gasteiger partial charge is 0.353 e. The second kappa shape index (κ2) is 5.50. The van der Waals surface area contributed by atoms with Crippen molar-refractivity contribution in [2.45, 2.75) is 6.61 Å². The van der Waals surface area contributed by atoms with Crippen LogP contribution in [0.3, 0.4) is 0 Å². The third-order valence-electron chi connectivity index (χ3n) is 2.50. The van der Waals surface area contributed by atoms with Crippen molar-refractivity contribution in [3.63, 3.8) is 0 Å². The minimum absolute atomic E-state index is 0.0948. The molecule has 1 heterocycles. The van der Waals surface area contributed by atoms with E-state index in [1.807, 2.05) is 0 Å². The highest BCUT2D eigenvalue weighted by Gasteiger charge is 2.16. The predicted molar refractivity (Wildman–Crippen MR) is 69.4 cm³/mol. The molecular formula is C12H10BrFN2O3. The van der Waals surface area contributed by atoms with Crippen LogP contribution in [0, 0.1) is 5.82 Å². The van der Waals surface area contributed by atoms with Gasteiger partial charge >= 0.3 is 5.97 Å². The summed E-state index contributed by atoms with van der Waals surface area (Å²) in [5.41, 5.74) is 0.716. The molecule has 100 valence electrons. The van der Waals surface area contributed by atoms with Gasteiger partial charge in [-0.05, 0) is 18.2 Å². The predicted octanol–water partition coefficient (Wildman–Crippen LogP) is 2.82. The van der Waals surface area contributed by atoms with Crippen molar-refractivity contribution in [2.24, 2.45) is 0 Å². The van der Waals surface area contributed by atoms with Crippen molar-refractivity contribution in [2.75, 3.05) is 7.11 Å². The number of rotatable bonds is 4. The number of hydrogen-bond acceptors (Lipinski definition) is 3. The number of aromatic carboxylic acids is 1. The molecule has 0 unspecified atom stereocenters. The van der Waals surface area contributed by atoms with Gasteiger partial charge in [0.1, 0.15) is 11.5 Å². The summed E-state index contributed by atoms with van der Waals surface area (Å²) in [4.78, 5) is 10.8. The summed E-state index contributed by atoms with van der Waals surface area (Å²) in [7, 11) is 1.47. The molecule has 0 spiro atoms. The summed E-state index contributed by atoms with van der Waals surface area (Å²) in [6.07, 6.45) is 0. The van der Waals surface area contributed by atoms with Crippen molar-refractivity contribution in [3.8, 4) is 11.3 Å². The molecule has 0 amide bonds. The molecule has 1 aromatic carbocycles. The number of ether oxygens (including phenoxy) is 1. The molecule has 1 aromatic heterocycles. The molecule has 0 atom stereocenters. The lowest BCUT2D eigenvalue weighted by atomic mass is 10.1. The van der Waals surface area contributed by atoms with Gasteiger partial charge in [-0.2, -0.15) is 5.10 Å². The highest BCUT2D eigenvalue weighted by atomic mass is 79.9. The maximum Gasteiger partial charge on any atom is 0.353 e. The SMILES string of the molecule is COCc1cc(Br)cc(-c2cc(C(=O)O)[nH]n2)c1F. The quantitative estimate of drug-likeness (QED) is 0.904. The highest BCUT2D eigenvalue weighted by molar-refractivity contribution is 9.10. The van der Waals surface area contributed by atoms with Crippen molar-refractivity contribution in [1.29, 1.82) is 0 Å².